The number of nitriles is 1. The Morgan fingerprint density at radius 2 is 1.64 bits per heavy atom. The van der Waals surface area contributed by atoms with Crippen LogP contribution in [-0.2, 0) is 4.79 Å². The number of ether oxygens (including phenoxy) is 1. The minimum Gasteiger partial charge on any atom is -0.478 e. The standard InChI is InChI=1S/C21H26N2O2/c1-20(2,25-18-5-3-14(13-22)4-6-18)19(24)23-21-10-15-7-16(11-21)9-17(8-15)12-21/h3-6,15-17H,7-12H2,1-2H3,(H,23,24). The number of rotatable bonds is 4. The lowest BCUT2D eigenvalue weighted by molar-refractivity contribution is -0.140. The third kappa shape index (κ3) is 3.13. The zero-order valence-corrected chi connectivity index (χ0v) is 15.0. The smallest absolute Gasteiger partial charge is 0.264 e. The highest BCUT2D eigenvalue weighted by molar-refractivity contribution is 5.85. The van der Waals surface area contributed by atoms with Crippen LogP contribution >= 0.6 is 0 Å². The summed E-state index contributed by atoms with van der Waals surface area (Å²) in [5.74, 6) is 2.99. The number of hydrogen-bond donors (Lipinski definition) is 1. The Morgan fingerprint density at radius 1 is 1.12 bits per heavy atom. The van der Waals surface area contributed by atoms with E-state index in [1.165, 1.54) is 19.3 Å². The summed E-state index contributed by atoms with van der Waals surface area (Å²) in [5.41, 5.74) is -0.350. The Balaban J connectivity index is 1.45. The summed E-state index contributed by atoms with van der Waals surface area (Å²) in [6, 6.07) is 9.01. The van der Waals surface area contributed by atoms with Gasteiger partial charge in [0.25, 0.3) is 5.91 Å². The number of nitrogens with zero attached hydrogens (tertiary/aromatic N) is 1. The minimum absolute atomic E-state index is 0.00285. The molecule has 4 fully saturated rings. The minimum atomic E-state index is -0.933. The SMILES string of the molecule is CC(C)(Oc1ccc(C#N)cc1)C(=O)NC12CC3CC(CC(C3)C1)C2. The zero-order valence-electron chi connectivity index (χ0n) is 15.0. The summed E-state index contributed by atoms with van der Waals surface area (Å²) in [5, 5.41) is 12.3. The Bertz CT molecular complexity index is 679. The van der Waals surface area contributed by atoms with Gasteiger partial charge in [0.1, 0.15) is 5.75 Å². The second-order valence-electron chi connectivity index (χ2n) is 8.90. The number of carbonyl (C=O) groups excluding carboxylic acids is 1. The highest BCUT2D eigenvalue weighted by Crippen LogP contribution is 2.55. The van der Waals surface area contributed by atoms with E-state index in [0.717, 1.165) is 37.0 Å². The molecule has 4 bridgehead atoms. The van der Waals surface area contributed by atoms with Gasteiger partial charge in [-0.05, 0) is 94.4 Å². The summed E-state index contributed by atoms with van der Waals surface area (Å²) < 4.78 is 5.96. The normalized spacial score (nSPS) is 32.9. The predicted molar refractivity (Wildman–Crippen MR) is 94.9 cm³/mol. The third-order valence-corrected chi connectivity index (χ3v) is 6.32. The van der Waals surface area contributed by atoms with Crippen LogP contribution in [0.5, 0.6) is 5.75 Å². The van der Waals surface area contributed by atoms with E-state index in [0.29, 0.717) is 11.3 Å². The third-order valence-electron chi connectivity index (χ3n) is 6.32. The van der Waals surface area contributed by atoms with Crippen molar-refractivity contribution in [2.24, 2.45) is 17.8 Å². The number of nitrogens with one attached hydrogen (secondary N) is 1. The summed E-state index contributed by atoms with van der Waals surface area (Å²) in [6.45, 7) is 3.64. The van der Waals surface area contributed by atoms with Crippen LogP contribution in [0.2, 0.25) is 0 Å². The Labute approximate surface area is 149 Å². The van der Waals surface area contributed by atoms with Crippen molar-refractivity contribution in [2.45, 2.75) is 63.5 Å². The lowest BCUT2D eigenvalue weighted by Gasteiger charge is -2.57. The van der Waals surface area contributed by atoms with E-state index in [1.807, 2.05) is 13.8 Å². The number of benzene rings is 1. The van der Waals surface area contributed by atoms with Crippen LogP contribution in [-0.4, -0.2) is 17.0 Å². The second-order valence-corrected chi connectivity index (χ2v) is 8.90. The van der Waals surface area contributed by atoms with Gasteiger partial charge in [-0.25, -0.2) is 0 Å². The molecule has 25 heavy (non-hydrogen) atoms. The van der Waals surface area contributed by atoms with Crippen molar-refractivity contribution in [3.05, 3.63) is 29.8 Å². The molecule has 4 aliphatic rings. The van der Waals surface area contributed by atoms with Crippen molar-refractivity contribution < 1.29 is 9.53 Å². The molecular weight excluding hydrogens is 312 g/mol. The number of hydrogen-bond acceptors (Lipinski definition) is 3. The maximum atomic E-state index is 13.0. The van der Waals surface area contributed by atoms with Crippen molar-refractivity contribution in [2.75, 3.05) is 0 Å². The van der Waals surface area contributed by atoms with Gasteiger partial charge in [0.15, 0.2) is 5.60 Å². The van der Waals surface area contributed by atoms with Crippen LogP contribution in [0.15, 0.2) is 24.3 Å². The van der Waals surface area contributed by atoms with Crippen molar-refractivity contribution in [3.8, 4) is 11.8 Å². The van der Waals surface area contributed by atoms with Crippen LogP contribution in [0.4, 0.5) is 0 Å². The van der Waals surface area contributed by atoms with Gasteiger partial charge in [-0.2, -0.15) is 5.26 Å². The molecule has 1 aromatic rings. The molecule has 0 radical (unpaired) electrons. The largest absolute Gasteiger partial charge is 0.478 e. The van der Waals surface area contributed by atoms with Crippen LogP contribution in [0.1, 0.15) is 57.9 Å². The zero-order chi connectivity index (χ0) is 17.7. The molecular formula is C21H26N2O2. The van der Waals surface area contributed by atoms with Gasteiger partial charge in [-0.3, -0.25) is 4.79 Å². The first-order valence-corrected chi connectivity index (χ1v) is 9.39. The summed E-state index contributed by atoms with van der Waals surface area (Å²) in [7, 11) is 0. The molecule has 132 valence electrons. The fourth-order valence-electron chi connectivity index (χ4n) is 5.59. The van der Waals surface area contributed by atoms with Gasteiger partial charge in [0.2, 0.25) is 0 Å². The quantitative estimate of drug-likeness (QED) is 0.908. The van der Waals surface area contributed by atoms with Crippen LogP contribution in [0, 0.1) is 29.1 Å². The highest BCUT2D eigenvalue weighted by Gasteiger charge is 2.52. The topological polar surface area (TPSA) is 62.1 Å². The molecule has 4 saturated carbocycles. The molecule has 4 heteroatoms. The lowest BCUT2D eigenvalue weighted by Crippen LogP contribution is -2.63. The Morgan fingerprint density at radius 3 is 2.12 bits per heavy atom. The highest BCUT2D eigenvalue weighted by atomic mass is 16.5. The fourth-order valence-corrected chi connectivity index (χ4v) is 5.59. The Kier molecular flexibility index (Phi) is 3.79. The van der Waals surface area contributed by atoms with E-state index in [4.69, 9.17) is 10.00 Å². The molecule has 0 spiro atoms. The van der Waals surface area contributed by atoms with Gasteiger partial charge >= 0.3 is 0 Å². The van der Waals surface area contributed by atoms with E-state index >= 15 is 0 Å². The van der Waals surface area contributed by atoms with Crippen LogP contribution in [0.3, 0.4) is 0 Å². The van der Waals surface area contributed by atoms with Crippen molar-refractivity contribution in [1.29, 1.82) is 5.26 Å². The van der Waals surface area contributed by atoms with E-state index in [1.54, 1.807) is 24.3 Å². The first-order valence-electron chi connectivity index (χ1n) is 9.39. The van der Waals surface area contributed by atoms with Crippen LogP contribution < -0.4 is 10.1 Å². The van der Waals surface area contributed by atoms with Crippen molar-refractivity contribution in [3.63, 3.8) is 0 Å². The first-order chi connectivity index (χ1) is 11.9. The molecule has 4 nitrogen and oxygen atoms in total. The summed E-state index contributed by atoms with van der Waals surface area (Å²) in [6.07, 6.45) is 7.49. The molecule has 0 saturated heterocycles. The van der Waals surface area contributed by atoms with Crippen molar-refractivity contribution >= 4 is 5.91 Å². The molecule has 0 heterocycles. The van der Waals surface area contributed by atoms with E-state index in [9.17, 15) is 4.79 Å². The molecule has 5 rings (SSSR count). The van der Waals surface area contributed by atoms with Gasteiger partial charge < -0.3 is 10.1 Å². The van der Waals surface area contributed by atoms with E-state index < -0.39 is 5.60 Å². The predicted octanol–water partition coefficient (Wildman–Crippen LogP) is 3.80. The van der Waals surface area contributed by atoms with Gasteiger partial charge in [-0.15, -0.1) is 0 Å². The maximum Gasteiger partial charge on any atom is 0.264 e. The maximum absolute atomic E-state index is 13.0. The average molecular weight is 338 g/mol. The summed E-state index contributed by atoms with van der Waals surface area (Å²) in [4.78, 5) is 13.0. The average Bonchev–Trinajstić information content (AvgIpc) is 2.53. The second kappa shape index (κ2) is 5.76. The van der Waals surface area contributed by atoms with Crippen molar-refractivity contribution in [1.82, 2.24) is 5.32 Å². The number of amides is 1. The van der Waals surface area contributed by atoms with Crippen LogP contribution in [0.25, 0.3) is 0 Å². The monoisotopic (exact) mass is 338 g/mol. The Hall–Kier alpha value is -2.02. The van der Waals surface area contributed by atoms with Gasteiger partial charge in [0.05, 0.1) is 11.6 Å². The first kappa shape index (κ1) is 16.4. The molecule has 0 aromatic heterocycles. The molecule has 1 aromatic carbocycles. The molecule has 1 N–H and O–H groups in total. The molecule has 0 aliphatic heterocycles. The lowest BCUT2D eigenvalue weighted by atomic mass is 9.53. The molecule has 0 atom stereocenters. The molecule has 1 amide bonds. The van der Waals surface area contributed by atoms with E-state index in [2.05, 4.69) is 11.4 Å². The fraction of sp³-hybridized carbons (Fsp3) is 0.619. The van der Waals surface area contributed by atoms with Gasteiger partial charge in [0, 0.05) is 5.54 Å². The molecule has 4 aliphatic carbocycles. The number of carbonyl (C=O) groups is 1. The summed E-state index contributed by atoms with van der Waals surface area (Å²) >= 11 is 0. The van der Waals surface area contributed by atoms with E-state index in [-0.39, 0.29) is 11.4 Å². The van der Waals surface area contributed by atoms with Gasteiger partial charge in [-0.1, -0.05) is 0 Å². The molecule has 0 unspecified atom stereocenters.